The lowest BCUT2D eigenvalue weighted by molar-refractivity contribution is -0.137. The van der Waals surface area contributed by atoms with Gasteiger partial charge in [-0.15, -0.1) is 0 Å². The van der Waals surface area contributed by atoms with E-state index >= 15 is 0 Å². The molecular formula is C11H14BrNO2. The molecule has 3 N–H and O–H groups in total. The lowest BCUT2D eigenvalue weighted by Crippen LogP contribution is -2.03. The summed E-state index contributed by atoms with van der Waals surface area (Å²) in [6.07, 6.45) is 1.64. The number of benzene rings is 1. The summed E-state index contributed by atoms with van der Waals surface area (Å²) in [5, 5.41) is 8.53. The van der Waals surface area contributed by atoms with E-state index in [1.54, 1.807) is 0 Å². The maximum absolute atomic E-state index is 10.4. The van der Waals surface area contributed by atoms with Crippen molar-refractivity contribution in [3.63, 3.8) is 0 Å². The number of nitrogens with two attached hydrogens (primary N) is 1. The number of halogens is 1. The van der Waals surface area contributed by atoms with Crippen LogP contribution in [0.15, 0.2) is 22.7 Å². The molecule has 0 unspecified atom stereocenters. The van der Waals surface area contributed by atoms with Crippen molar-refractivity contribution in [3.05, 3.63) is 33.8 Å². The van der Waals surface area contributed by atoms with E-state index in [1.807, 2.05) is 18.2 Å². The van der Waals surface area contributed by atoms with Crippen molar-refractivity contribution in [1.82, 2.24) is 0 Å². The van der Waals surface area contributed by atoms with Crippen molar-refractivity contribution in [2.45, 2.75) is 25.8 Å². The van der Waals surface area contributed by atoms with Gasteiger partial charge in [-0.05, 0) is 36.1 Å². The Hall–Kier alpha value is -0.870. The minimum Gasteiger partial charge on any atom is -0.481 e. The van der Waals surface area contributed by atoms with Crippen molar-refractivity contribution in [2.24, 2.45) is 5.73 Å². The molecule has 0 fully saturated rings. The van der Waals surface area contributed by atoms with Gasteiger partial charge in [0.15, 0.2) is 0 Å². The first-order chi connectivity index (χ1) is 7.13. The normalized spacial score (nSPS) is 10.3. The molecule has 0 bridgehead atoms. The molecule has 15 heavy (non-hydrogen) atoms. The summed E-state index contributed by atoms with van der Waals surface area (Å²) < 4.78 is 1.00. The smallest absolute Gasteiger partial charge is 0.303 e. The van der Waals surface area contributed by atoms with Crippen LogP contribution in [-0.4, -0.2) is 11.1 Å². The predicted octanol–water partition coefficient (Wildman–Crippen LogP) is 2.32. The summed E-state index contributed by atoms with van der Waals surface area (Å²) >= 11 is 3.38. The molecule has 0 aliphatic heterocycles. The fourth-order valence-corrected chi connectivity index (χ4v) is 1.87. The molecule has 3 nitrogen and oxygen atoms in total. The Labute approximate surface area is 97.4 Å². The molecule has 0 atom stereocenters. The van der Waals surface area contributed by atoms with Crippen molar-refractivity contribution in [3.8, 4) is 0 Å². The number of hydrogen-bond acceptors (Lipinski definition) is 2. The van der Waals surface area contributed by atoms with Crippen LogP contribution in [0.4, 0.5) is 0 Å². The van der Waals surface area contributed by atoms with E-state index in [4.69, 9.17) is 10.8 Å². The first-order valence-electron chi connectivity index (χ1n) is 4.82. The van der Waals surface area contributed by atoms with Gasteiger partial charge in [0.25, 0.3) is 0 Å². The average molecular weight is 272 g/mol. The lowest BCUT2D eigenvalue weighted by atomic mass is 10.0. The molecule has 0 spiro atoms. The van der Waals surface area contributed by atoms with Gasteiger partial charge < -0.3 is 10.8 Å². The fourth-order valence-electron chi connectivity index (χ4n) is 1.46. The molecule has 0 aliphatic carbocycles. The van der Waals surface area contributed by atoms with Gasteiger partial charge in [0, 0.05) is 17.4 Å². The first kappa shape index (κ1) is 12.2. The van der Waals surface area contributed by atoms with Crippen LogP contribution in [-0.2, 0) is 17.8 Å². The van der Waals surface area contributed by atoms with Crippen LogP contribution in [0.5, 0.6) is 0 Å². The zero-order valence-electron chi connectivity index (χ0n) is 8.37. The van der Waals surface area contributed by atoms with Crippen LogP contribution in [0.25, 0.3) is 0 Å². The van der Waals surface area contributed by atoms with Gasteiger partial charge in [-0.25, -0.2) is 0 Å². The van der Waals surface area contributed by atoms with Crippen LogP contribution in [0, 0.1) is 0 Å². The van der Waals surface area contributed by atoms with E-state index in [0.717, 1.165) is 22.0 Å². The van der Waals surface area contributed by atoms with Gasteiger partial charge in [0.2, 0.25) is 0 Å². The maximum atomic E-state index is 10.4. The molecule has 0 aromatic heterocycles. The molecule has 1 aromatic rings. The Balaban J connectivity index is 2.63. The summed E-state index contributed by atoms with van der Waals surface area (Å²) in [5.41, 5.74) is 7.83. The zero-order valence-corrected chi connectivity index (χ0v) is 9.96. The monoisotopic (exact) mass is 271 g/mol. The molecule has 0 saturated carbocycles. The largest absolute Gasteiger partial charge is 0.481 e. The van der Waals surface area contributed by atoms with Crippen molar-refractivity contribution in [2.75, 3.05) is 0 Å². The van der Waals surface area contributed by atoms with Crippen LogP contribution >= 0.6 is 15.9 Å². The Kier molecular flexibility index (Phi) is 4.78. The lowest BCUT2D eigenvalue weighted by Gasteiger charge is -2.07. The molecule has 0 radical (unpaired) electrons. The van der Waals surface area contributed by atoms with E-state index in [1.165, 1.54) is 0 Å². The molecule has 0 amide bonds. The standard InChI is InChI=1S/C11H14BrNO2/c12-10-5-4-8(9(6-10)7-13)2-1-3-11(14)15/h4-6H,1-3,7,13H2,(H,14,15). The SMILES string of the molecule is NCc1cc(Br)ccc1CCCC(=O)O. The van der Waals surface area contributed by atoms with E-state index in [9.17, 15) is 4.79 Å². The minimum absolute atomic E-state index is 0.208. The Morgan fingerprint density at radius 1 is 1.40 bits per heavy atom. The fraction of sp³-hybridized carbons (Fsp3) is 0.364. The number of aliphatic carboxylic acids is 1. The van der Waals surface area contributed by atoms with E-state index in [0.29, 0.717) is 13.0 Å². The van der Waals surface area contributed by atoms with Crippen molar-refractivity contribution in [1.29, 1.82) is 0 Å². The Morgan fingerprint density at radius 2 is 2.13 bits per heavy atom. The van der Waals surface area contributed by atoms with Gasteiger partial charge in [-0.1, -0.05) is 22.0 Å². The van der Waals surface area contributed by atoms with E-state index in [-0.39, 0.29) is 6.42 Å². The van der Waals surface area contributed by atoms with Gasteiger partial charge in [0.1, 0.15) is 0 Å². The molecule has 4 heteroatoms. The number of carboxylic acids is 1. The third-order valence-corrected chi connectivity index (χ3v) is 2.72. The number of carbonyl (C=O) groups is 1. The predicted molar refractivity (Wildman–Crippen MR) is 62.6 cm³/mol. The highest BCUT2D eigenvalue weighted by Gasteiger charge is 2.03. The summed E-state index contributed by atoms with van der Waals surface area (Å²) in [6.45, 7) is 0.488. The molecule has 0 saturated heterocycles. The first-order valence-corrected chi connectivity index (χ1v) is 5.62. The summed E-state index contributed by atoms with van der Waals surface area (Å²) in [7, 11) is 0. The number of aryl methyl sites for hydroxylation is 1. The molecule has 0 aliphatic rings. The molecule has 82 valence electrons. The van der Waals surface area contributed by atoms with E-state index in [2.05, 4.69) is 15.9 Å². The van der Waals surface area contributed by atoms with Gasteiger partial charge in [-0.2, -0.15) is 0 Å². The number of hydrogen-bond donors (Lipinski definition) is 2. The third kappa shape index (κ3) is 4.01. The molecule has 0 heterocycles. The Morgan fingerprint density at radius 3 is 2.73 bits per heavy atom. The van der Waals surface area contributed by atoms with Crippen LogP contribution in [0.2, 0.25) is 0 Å². The average Bonchev–Trinajstić information content (AvgIpc) is 2.19. The zero-order chi connectivity index (χ0) is 11.3. The highest BCUT2D eigenvalue weighted by atomic mass is 79.9. The van der Waals surface area contributed by atoms with Crippen molar-refractivity contribution >= 4 is 21.9 Å². The van der Waals surface area contributed by atoms with E-state index < -0.39 is 5.97 Å². The third-order valence-electron chi connectivity index (χ3n) is 2.22. The number of carboxylic acid groups (broad SMARTS) is 1. The highest BCUT2D eigenvalue weighted by Crippen LogP contribution is 2.18. The van der Waals surface area contributed by atoms with Gasteiger partial charge in [0.05, 0.1) is 0 Å². The minimum atomic E-state index is -0.749. The Bertz CT molecular complexity index is 352. The second-order valence-electron chi connectivity index (χ2n) is 3.36. The quantitative estimate of drug-likeness (QED) is 0.864. The summed E-state index contributed by atoms with van der Waals surface area (Å²) in [4.78, 5) is 10.4. The van der Waals surface area contributed by atoms with Gasteiger partial charge in [-0.3, -0.25) is 4.79 Å². The molecular weight excluding hydrogens is 258 g/mol. The highest BCUT2D eigenvalue weighted by molar-refractivity contribution is 9.10. The van der Waals surface area contributed by atoms with Crippen LogP contribution in [0.1, 0.15) is 24.0 Å². The second kappa shape index (κ2) is 5.88. The maximum Gasteiger partial charge on any atom is 0.303 e. The van der Waals surface area contributed by atoms with Gasteiger partial charge >= 0.3 is 5.97 Å². The van der Waals surface area contributed by atoms with Crippen LogP contribution < -0.4 is 5.73 Å². The molecule has 1 rings (SSSR count). The number of rotatable bonds is 5. The summed E-state index contributed by atoms with van der Waals surface area (Å²) in [6, 6.07) is 5.93. The topological polar surface area (TPSA) is 63.3 Å². The second-order valence-corrected chi connectivity index (χ2v) is 4.28. The molecule has 1 aromatic carbocycles. The van der Waals surface area contributed by atoms with Crippen molar-refractivity contribution < 1.29 is 9.90 Å². The van der Waals surface area contributed by atoms with Crippen LogP contribution in [0.3, 0.4) is 0 Å². The summed E-state index contributed by atoms with van der Waals surface area (Å²) in [5.74, 6) is -0.749.